The molecule has 1 aliphatic heterocycles. The van der Waals surface area contributed by atoms with E-state index in [-0.39, 0.29) is 11.6 Å². The molecule has 1 aromatic carbocycles. The van der Waals surface area contributed by atoms with Crippen LogP contribution in [0.3, 0.4) is 0 Å². The molecule has 1 aliphatic carbocycles. The Balaban J connectivity index is 1.61. The number of fused-ring (bicyclic) bond motifs is 1. The van der Waals surface area contributed by atoms with Crippen LogP contribution >= 0.6 is 0 Å². The number of amides is 1. The second kappa shape index (κ2) is 6.40. The molecule has 2 aliphatic rings. The second-order valence-corrected chi connectivity index (χ2v) is 7.78. The van der Waals surface area contributed by atoms with E-state index in [1.807, 2.05) is 32.0 Å². The van der Waals surface area contributed by atoms with Crippen molar-refractivity contribution in [2.45, 2.75) is 50.7 Å². The van der Waals surface area contributed by atoms with Crippen molar-refractivity contribution in [3.05, 3.63) is 51.7 Å². The lowest BCUT2D eigenvalue weighted by molar-refractivity contribution is 0.0617. The van der Waals surface area contributed by atoms with Gasteiger partial charge in [0.1, 0.15) is 28.5 Å². The van der Waals surface area contributed by atoms with Crippen molar-refractivity contribution in [3.63, 3.8) is 0 Å². The molecule has 1 aromatic heterocycles. The topological polar surface area (TPSA) is 93.3 Å². The van der Waals surface area contributed by atoms with Crippen LogP contribution in [-0.2, 0) is 0 Å². The summed E-state index contributed by atoms with van der Waals surface area (Å²) in [5.74, 6) is 1.94. The van der Waals surface area contributed by atoms with Crippen molar-refractivity contribution in [1.29, 1.82) is 0 Å². The first kappa shape index (κ1) is 17.6. The Kier molecular flexibility index (Phi) is 4.17. The maximum absolute atomic E-state index is 12.8. The zero-order valence-corrected chi connectivity index (χ0v) is 15.7. The Morgan fingerprint density at radius 1 is 1.37 bits per heavy atom. The molecule has 0 spiro atoms. The normalized spacial score (nSPS) is 20.3. The minimum Gasteiger partial charge on any atom is -0.497 e. The smallest absolute Gasteiger partial charge is 0.263 e. The highest BCUT2D eigenvalue weighted by atomic mass is 16.5. The predicted octanol–water partition coefficient (Wildman–Crippen LogP) is 2.69. The SMILES string of the molecule is COc1ccc2c(c1)[C@@H](NC(=O)c1cnc(C3CC3)[nH]c1=O)CC(C)(C)O2. The molecule has 0 unspecified atom stereocenters. The monoisotopic (exact) mass is 369 g/mol. The van der Waals surface area contributed by atoms with Crippen molar-refractivity contribution in [1.82, 2.24) is 15.3 Å². The van der Waals surface area contributed by atoms with E-state index in [4.69, 9.17) is 9.47 Å². The Hall–Kier alpha value is -2.83. The number of aromatic amines is 1. The number of H-pyrrole nitrogens is 1. The number of rotatable bonds is 4. The number of carbonyl (C=O) groups excluding carboxylic acids is 1. The van der Waals surface area contributed by atoms with Crippen molar-refractivity contribution in [3.8, 4) is 11.5 Å². The highest BCUT2D eigenvalue weighted by Crippen LogP contribution is 2.41. The molecular weight excluding hydrogens is 346 g/mol. The van der Waals surface area contributed by atoms with E-state index in [2.05, 4.69) is 15.3 Å². The minimum absolute atomic E-state index is 0.0214. The number of ether oxygens (including phenoxy) is 2. The maximum Gasteiger partial charge on any atom is 0.263 e. The summed E-state index contributed by atoms with van der Waals surface area (Å²) in [5, 5.41) is 2.97. The maximum atomic E-state index is 12.8. The molecule has 27 heavy (non-hydrogen) atoms. The number of nitrogens with one attached hydrogen (secondary N) is 2. The first-order valence-electron chi connectivity index (χ1n) is 9.13. The number of nitrogens with zero attached hydrogens (tertiary/aromatic N) is 1. The number of benzene rings is 1. The fourth-order valence-electron chi connectivity index (χ4n) is 3.46. The molecule has 0 saturated heterocycles. The lowest BCUT2D eigenvalue weighted by Crippen LogP contribution is -2.42. The number of aromatic nitrogens is 2. The van der Waals surface area contributed by atoms with Crippen molar-refractivity contribution < 1.29 is 14.3 Å². The van der Waals surface area contributed by atoms with E-state index in [0.29, 0.717) is 29.7 Å². The van der Waals surface area contributed by atoms with Gasteiger partial charge in [-0.1, -0.05) is 0 Å². The van der Waals surface area contributed by atoms with Gasteiger partial charge in [0.05, 0.1) is 13.2 Å². The highest BCUT2D eigenvalue weighted by Gasteiger charge is 2.35. The van der Waals surface area contributed by atoms with E-state index in [9.17, 15) is 9.59 Å². The number of methoxy groups -OCH3 is 1. The van der Waals surface area contributed by atoms with E-state index in [1.165, 1.54) is 6.20 Å². The molecular formula is C20H23N3O4. The molecule has 0 bridgehead atoms. The summed E-state index contributed by atoms with van der Waals surface area (Å²) >= 11 is 0. The molecule has 1 atom stereocenters. The average Bonchev–Trinajstić information content (AvgIpc) is 3.45. The third kappa shape index (κ3) is 3.54. The van der Waals surface area contributed by atoms with Crippen molar-refractivity contribution >= 4 is 5.91 Å². The van der Waals surface area contributed by atoms with Crippen LogP contribution in [0.15, 0.2) is 29.2 Å². The van der Waals surface area contributed by atoms with E-state index in [1.54, 1.807) is 7.11 Å². The summed E-state index contributed by atoms with van der Waals surface area (Å²) in [7, 11) is 1.59. The summed E-state index contributed by atoms with van der Waals surface area (Å²) in [6, 6.07) is 5.22. The zero-order chi connectivity index (χ0) is 19.2. The van der Waals surface area contributed by atoms with Gasteiger partial charge in [-0.2, -0.15) is 0 Å². The van der Waals surface area contributed by atoms with Crippen LogP contribution in [0.4, 0.5) is 0 Å². The summed E-state index contributed by atoms with van der Waals surface area (Å²) in [4.78, 5) is 32.1. The third-order valence-corrected chi connectivity index (χ3v) is 5.01. The van der Waals surface area contributed by atoms with Crippen LogP contribution in [0.2, 0.25) is 0 Å². The van der Waals surface area contributed by atoms with Gasteiger partial charge in [-0.05, 0) is 44.9 Å². The molecule has 4 rings (SSSR count). The molecule has 0 radical (unpaired) electrons. The van der Waals surface area contributed by atoms with E-state index >= 15 is 0 Å². The molecule has 2 N–H and O–H groups in total. The first-order chi connectivity index (χ1) is 12.9. The quantitative estimate of drug-likeness (QED) is 0.864. The first-order valence-corrected chi connectivity index (χ1v) is 9.13. The Labute approximate surface area is 157 Å². The van der Waals surface area contributed by atoms with Gasteiger partial charge in [0, 0.05) is 24.1 Å². The molecule has 2 heterocycles. The molecule has 142 valence electrons. The minimum atomic E-state index is -0.444. The summed E-state index contributed by atoms with van der Waals surface area (Å²) < 4.78 is 11.3. The lowest BCUT2D eigenvalue weighted by atomic mass is 9.89. The number of hydrogen-bond donors (Lipinski definition) is 2. The fourth-order valence-corrected chi connectivity index (χ4v) is 3.46. The average molecular weight is 369 g/mol. The van der Waals surface area contributed by atoms with Gasteiger partial charge in [-0.25, -0.2) is 4.98 Å². The van der Waals surface area contributed by atoms with Crippen LogP contribution in [0.1, 0.15) is 66.8 Å². The van der Waals surface area contributed by atoms with Crippen LogP contribution in [0.25, 0.3) is 0 Å². The van der Waals surface area contributed by atoms with E-state index in [0.717, 1.165) is 18.4 Å². The Morgan fingerprint density at radius 3 is 2.81 bits per heavy atom. The molecule has 1 fully saturated rings. The largest absolute Gasteiger partial charge is 0.497 e. The molecule has 1 saturated carbocycles. The van der Waals surface area contributed by atoms with Crippen molar-refractivity contribution in [2.75, 3.05) is 7.11 Å². The van der Waals surface area contributed by atoms with E-state index < -0.39 is 17.1 Å². The van der Waals surface area contributed by atoms with Crippen LogP contribution in [0.5, 0.6) is 11.5 Å². The van der Waals surface area contributed by atoms with Crippen LogP contribution in [0, 0.1) is 0 Å². The van der Waals surface area contributed by atoms with Gasteiger partial charge in [-0.15, -0.1) is 0 Å². The summed E-state index contributed by atoms with van der Waals surface area (Å²) in [5.41, 5.74) is 0.00998. The third-order valence-electron chi connectivity index (χ3n) is 5.01. The highest BCUT2D eigenvalue weighted by molar-refractivity contribution is 5.93. The Bertz CT molecular complexity index is 946. The van der Waals surface area contributed by atoms with Gasteiger partial charge in [-0.3, -0.25) is 9.59 Å². The zero-order valence-electron chi connectivity index (χ0n) is 15.7. The molecule has 7 nitrogen and oxygen atoms in total. The van der Waals surface area contributed by atoms with Gasteiger partial charge < -0.3 is 19.8 Å². The van der Waals surface area contributed by atoms with Gasteiger partial charge in [0.15, 0.2) is 0 Å². The van der Waals surface area contributed by atoms with Crippen molar-refractivity contribution in [2.24, 2.45) is 0 Å². The van der Waals surface area contributed by atoms with Gasteiger partial charge in [0.25, 0.3) is 11.5 Å². The predicted molar refractivity (Wildman–Crippen MR) is 99.4 cm³/mol. The number of hydrogen-bond acceptors (Lipinski definition) is 5. The second-order valence-electron chi connectivity index (χ2n) is 7.78. The number of carbonyl (C=O) groups is 1. The lowest BCUT2D eigenvalue weighted by Gasteiger charge is -2.38. The van der Waals surface area contributed by atoms with Gasteiger partial charge >= 0.3 is 0 Å². The van der Waals surface area contributed by atoms with Crippen LogP contribution < -0.4 is 20.3 Å². The van der Waals surface area contributed by atoms with Gasteiger partial charge in [0.2, 0.25) is 0 Å². The van der Waals surface area contributed by atoms with Crippen LogP contribution in [-0.4, -0.2) is 28.6 Å². The summed E-state index contributed by atoms with van der Waals surface area (Å²) in [6.45, 7) is 3.94. The standard InChI is InChI=1S/C20H23N3O4/c1-20(2)9-15(13-8-12(26-3)6-7-16(13)27-20)22-18(24)14-10-21-17(11-4-5-11)23-19(14)25/h6-8,10-11,15H,4-5,9H2,1-3H3,(H,22,24)(H,21,23,25)/t15-/m0/s1. The summed E-state index contributed by atoms with van der Waals surface area (Å²) in [6.07, 6.45) is 4.01. The fraction of sp³-hybridized carbons (Fsp3) is 0.450. The molecule has 2 aromatic rings. The molecule has 7 heteroatoms. The molecule has 1 amide bonds. The Morgan fingerprint density at radius 2 is 2.15 bits per heavy atom.